The Hall–Kier alpha value is -3.06. The number of aryl methyl sites for hydroxylation is 1. The molecule has 1 heterocycles. The van der Waals surface area contributed by atoms with Crippen LogP contribution in [0.4, 0.5) is 4.39 Å². The molecular formula is C21H19FN2O3S. The SMILES string of the molecule is Cc1ccc(S(=O)(=O)[C@H](CNC(=O)c2cccc(F)c2)c2cccnc2)cc1. The van der Waals surface area contributed by atoms with Gasteiger partial charge in [0.25, 0.3) is 5.91 Å². The van der Waals surface area contributed by atoms with Crippen LogP contribution in [0.3, 0.4) is 0 Å². The summed E-state index contributed by atoms with van der Waals surface area (Å²) < 4.78 is 39.8. The van der Waals surface area contributed by atoms with Crippen molar-refractivity contribution in [3.05, 3.63) is 95.6 Å². The highest BCUT2D eigenvalue weighted by atomic mass is 32.2. The molecule has 3 rings (SSSR count). The van der Waals surface area contributed by atoms with Crippen molar-refractivity contribution in [2.75, 3.05) is 6.54 Å². The van der Waals surface area contributed by atoms with Gasteiger partial charge in [-0.15, -0.1) is 0 Å². The molecular weight excluding hydrogens is 379 g/mol. The van der Waals surface area contributed by atoms with Gasteiger partial charge in [-0.25, -0.2) is 12.8 Å². The second kappa shape index (κ2) is 8.31. The number of amides is 1. The molecule has 5 nitrogen and oxygen atoms in total. The Morgan fingerprint density at radius 3 is 2.50 bits per heavy atom. The molecule has 1 N–H and O–H groups in total. The topological polar surface area (TPSA) is 76.1 Å². The molecule has 0 radical (unpaired) electrons. The maximum atomic E-state index is 13.4. The van der Waals surface area contributed by atoms with Gasteiger partial charge in [0, 0.05) is 24.5 Å². The Morgan fingerprint density at radius 1 is 1.11 bits per heavy atom. The normalized spacial score (nSPS) is 12.4. The highest BCUT2D eigenvalue weighted by molar-refractivity contribution is 7.91. The molecule has 7 heteroatoms. The van der Waals surface area contributed by atoms with Crippen molar-refractivity contribution in [1.29, 1.82) is 0 Å². The zero-order valence-electron chi connectivity index (χ0n) is 15.2. The van der Waals surface area contributed by atoms with Gasteiger partial charge in [0.15, 0.2) is 9.84 Å². The van der Waals surface area contributed by atoms with Crippen LogP contribution in [0.1, 0.15) is 26.7 Å². The molecule has 0 aliphatic heterocycles. The zero-order valence-corrected chi connectivity index (χ0v) is 16.0. The third-order valence-corrected chi connectivity index (χ3v) is 6.43. The second-order valence-electron chi connectivity index (χ2n) is 6.35. The molecule has 1 aromatic heterocycles. The fourth-order valence-corrected chi connectivity index (χ4v) is 4.43. The van der Waals surface area contributed by atoms with Gasteiger partial charge in [-0.2, -0.15) is 0 Å². The third kappa shape index (κ3) is 4.43. The highest BCUT2D eigenvalue weighted by Gasteiger charge is 2.30. The van der Waals surface area contributed by atoms with Crippen molar-refractivity contribution >= 4 is 15.7 Å². The maximum absolute atomic E-state index is 13.4. The summed E-state index contributed by atoms with van der Waals surface area (Å²) in [4.78, 5) is 16.5. The van der Waals surface area contributed by atoms with E-state index < -0.39 is 26.8 Å². The molecule has 1 atom stereocenters. The number of benzene rings is 2. The Bertz CT molecular complexity index is 1070. The number of carbonyl (C=O) groups excluding carboxylic acids is 1. The molecule has 0 unspecified atom stereocenters. The molecule has 0 saturated heterocycles. The predicted octanol–water partition coefficient (Wildman–Crippen LogP) is 3.47. The standard InChI is InChI=1S/C21H19FN2O3S/c1-15-7-9-19(10-8-15)28(26,27)20(17-5-3-11-23-13-17)14-24-21(25)16-4-2-6-18(22)12-16/h2-13,20H,14H2,1H3,(H,24,25)/t20-/m1/s1. The molecule has 1 amide bonds. The fraction of sp³-hybridized carbons (Fsp3) is 0.143. The number of nitrogens with zero attached hydrogens (tertiary/aromatic N) is 1. The first kappa shape index (κ1) is 19.7. The summed E-state index contributed by atoms with van der Waals surface area (Å²) in [6.07, 6.45) is 3.01. The van der Waals surface area contributed by atoms with E-state index in [-0.39, 0.29) is 17.0 Å². The smallest absolute Gasteiger partial charge is 0.251 e. The fourth-order valence-electron chi connectivity index (χ4n) is 2.78. The van der Waals surface area contributed by atoms with Gasteiger partial charge >= 0.3 is 0 Å². The van der Waals surface area contributed by atoms with Crippen molar-refractivity contribution in [2.45, 2.75) is 17.1 Å². The molecule has 0 spiro atoms. The maximum Gasteiger partial charge on any atom is 0.251 e. The van der Waals surface area contributed by atoms with Crippen LogP contribution in [0.25, 0.3) is 0 Å². The monoisotopic (exact) mass is 398 g/mol. The molecule has 0 fully saturated rings. The van der Waals surface area contributed by atoms with Gasteiger partial charge in [-0.05, 0) is 48.9 Å². The average Bonchev–Trinajstić information content (AvgIpc) is 2.69. The van der Waals surface area contributed by atoms with Crippen LogP contribution in [0.15, 0.2) is 78.0 Å². The van der Waals surface area contributed by atoms with Crippen LogP contribution in [0, 0.1) is 12.7 Å². The highest BCUT2D eigenvalue weighted by Crippen LogP contribution is 2.28. The summed E-state index contributed by atoms with van der Waals surface area (Å²) in [5.74, 6) is -1.09. The molecule has 144 valence electrons. The van der Waals surface area contributed by atoms with Crippen LogP contribution < -0.4 is 5.32 Å². The van der Waals surface area contributed by atoms with E-state index in [1.165, 1.54) is 24.4 Å². The number of sulfone groups is 1. The lowest BCUT2D eigenvalue weighted by Gasteiger charge is -2.19. The first-order valence-electron chi connectivity index (χ1n) is 8.62. The Labute approximate surface area is 163 Å². The van der Waals surface area contributed by atoms with Crippen molar-refractivity contribution in [3.8, 4) is 0 Å². The summed E-state index contributed by atoms with van der Waals surface area (Å²) in [6.45, 7) is 1.70. The van der Waals surface area contributed by atoms with Crippen LogP contribution in [-0.4, -0.2) is 25.9 Å². The van der Waals surface area contributed by atoms with E-state index in [0.717, 1.165) is 11.6 Å². The summed E-state index contributed by atoms with van der Waals surface area (Å²) in [5.41, 5.74) is 1.52. The number of hydrogen-bond acceptors (Lipinski definition) is 4. The quantitative estimate of drug-likeness (QED) is 0.690. The van der Waals surface area contributed by atoms with Gasteiger partial charge in [-0.3, -0.25) is 9.78 Å². The van der Waals surface area contributed by atoms with E-state index in [9.17, 15) is 17.6 Å². The molecule has 2 aromatic carbocycles. The first-order chi connectivity index (χ1) is 13.4. The molecule has 0 aliphatic rings. The molecule has 0 aliphatic carbocycles. The van der Waals surface area contributed by atoms with E-state index in [2.05, 4.69) is 10.3 Å². The third-order valence-electron chi connectivity index (χ3n) is 4.32. The Morgan fingerprint density at radius 2 is 1.86 bits per heavy atom. The van der Waals surface area contributed by atoms with Crippen molar-refractivity contribution in [3.63, 3.8) is 0 Å². The van der Waals surface area contributed by atoms with Gasteiger partial charge in [-0.1, -0.05) is 29.8 Å². The minimum absolute atomic E-state index is 0.123. The second-order valence-corrected chi connectivity index (χ2v) is 8.48. The van der Waals surface area contributed by atoms with Gasteiger partial charge in [0.2, 0.25) is 0 Å². The first-order valence-corrected chi connectivity index (χ1v) is 10.2. The number of hydrogen-bond donors (Lipinski definition) is 1. The van der Waals surface area contributed by atoms with Crippen LogP contribution >= 0.6 is 0 Å². The van der Waals surface area contributed by atoms with Gasteiger partial charge in [0.05, 0.1) is 4.90 Å². The molecule has 0 saturated carbocycles. The van der Waals surface area contributed by atoms with Crippen LogP contribution in [-0.2, 0) is 9.84 Å². The van der Waals surface area contributed by atoms with Gasteiger partial charge in [0.1, 0.15) is 11.1 Å². The van der Waals surface area contributed by atoms with E-state index in [4.69, 9.17) is 0 Å². The zero-order chi connectivity index (χ0) is 20.1. The summed E-state index contributed by atoms with van der Waals surface area (Å²) in [5, 5.41) is 1.57. The van der Waals surface area contributed by atoms with E-state index in [0.29, 0.717) is 5.56 Å². The number of carbonyl (C=O) groups is 1. The summed E-state index contributed by atoms with van der Waals surface area (Å²) in [7, 11) is -3.79. The van der Waals surface area contributed by atoms with E-state index in [1.807, 2.05) is 6.92 Å². The lowest BCUT2D eigenvalue weighted by molar-refractivity contribution is 0.0953. The predicted molar refractivity (Wildman–Crippen MR) is 104 cm³/mol. The largest absolute Gasteiger partial charge is 0.350 e. The van der Waals surface area contributed by atoms with Crippen LogP contribution in [0.5, 0.6) is 0 Å². The molecule has 0 bridgehead atoms. The lowest BCUT2D eigenvalue weighted by atomic mass is 10.2. The summed E-state index contributed by atoms with van der Waals surface area (Å²) >= 11 is 0. The van der Waals surface area contributed by atoms with Gasteiger partial charge < -0.3 is 5.32 Å². The number of pyridine rings is 1. The number of aromatic nitrogens is 1. The van der Waals surface area contributed by atoms with E-state index >= 15 is 0 Å². The minimum Gasteiger partial charge on any atom is -0.350 e. The lowest BCUT2D eigenvalue weighted by Crippen LogP contribution is -2.32. The minimum atomic E-state index is -3.79. The van der Waals surface area contributed by atoms with Crippen molar-refractivity contribution in [1.82, 2.24) is 10.3 Å². The Balaban J connectivity index is 1.90. The number of rotatable bonds is 6. The molecule has 3 aromatic rings. The molecule has 28 heavy (non-hydrogen) atoms. The van der Waals surface area contributed by atoms with Crippen molar-refractivity contribution in [2.24, 2.45) is 0 Å². The van der Waals surface area contributed by atoms with Crippen molar-refractivity contribution < 1.29 is 17.6 Å². The summed E-state index contributed by atoms with van der Waals surface area (Å²) in [6, 6.07) is 15.0. The van der Waals surface area contributed by atoms with Crippen LogP contribution in [0.2, 0.25) is 0 Å². The average molecular weight is 398 g/mol. The van der Waals surface area contributed by atoms with E-state index in [1.54, 1.807) is 42.6 Å². The number of nitrogens with one attached hydrogen (secondary N) is 1. The number of halogens is 1. The Kier molecular flexibility index (Phi) is 5.84.